The molecule has 1 atom stereocenters. The van der Waals surface area contributed by atoms with Crippen molar-refractivity contribution in [3.63, 3.8) is 0 Å². The number of aryl methyl sites for hydroxylation is 2. The topological polar surface area (TPSA) is 48.3 Å². The molecule has 2 aromatic carbocycles. The van der Waals surface area contributed by atoms with Gasteiger partial charge in [-0.1, -0.05) is 24.3 Å². The Morgan fingerprint density at radius 1 is 1.00 bits per heavy atom. The quantitative estimate of drug-likeness (QED) is 0.781. The molecule has 0 unspecified atom stereocenters. The summed E-state index contributed by atoms with van der Waals surface area (Å²) in [6.45, 7) is 4.14. The summed E-state index contributed by atoms with van der Waals surface area (Å²) >= 11 is 0. The number of benzene rings is 2. The molecule has 5 heteroatoms. The number of ether oxygens (including phenoxy) is 2. The summed E-state index contributed by atoms with van der Waals surface area (Å²) < 4.78 is 12.9. The molecule has 4 rings (SSSR count). The number of rotatable bonds is 3. The third-order valence-electron chi connectivity index (χ3n) is 4.66. The molecule has 0 saturated heterocycles. The molecule has 1 aliphatic rings. The predicted molar refractivity (Wildman–Crippen MR) is 98.4 cm³/mol. The lowest BCUT2D eigenvalue weighted by Crippen LogP contribution is -2.26. The minimum atomic E-state index is -0.0999. The molecule has 128 valence electrons. The van der Waals surface area contributed by atoms with Crippen molar-refractivity contribution in [1.82, 2.24) is 9.78 Å². The molecule has 0 bridgehead atoms. The van der Waals surface area contributed by atoms with Crippen molar-refractivity contribution < 1.29 is 9.47 Å². The van der Waals surface area contributed by atoms with Gasteiger partial charge >= 0.3 is 0 Å². The molecule has 0 amide bonds. The molecule has 1 N–H and O–H groups in total. The van der Waals surface area contributed by atoms with E-state index in [2.05, 4.69) is 36.5 Å². The van der Waals surface area contributed by atoms with Gasteiger partial charge in [-0.3, -0.25) is 0 Å². The minimum Gasteiger partial charge on any atom is -0.493 e. The monoisotopic (exact) mass is 335 g/mol. The Labute approximate surface area is 147 Å². The Hall–Kier alpha value is -2.95. The molecule has 0 fully saturated rings. The highest BCUT2D eigenvalue weighted by Crippen LogP contribution is 2.41. The smallest absolute Gasteiger partial charge is 0.161 e. The van der Waals surface area contributed by atoms with Gasteiger partial charge in [0.2, 0.25) is 0 Å². The summed E-state index contributed by atoms with van der Waals surface area (Å²) in [6.07, 6.45) is -0.0999. The van der Waals surface area contributed by atoms with Crippen LogP contribution in [0.15, 0.2) is 42.5 Å². The van der Waals surface area contributed by atoms with Crippen LogP contribution in [0.2, 0.25) is 0 Å². The van der Waals surface area contributed by atoms with Gasteiger partial charge in [-0.2, -0.15) is 5.10 Å². The number of hydrogen-bond acceptors (Lipinski definition) is 4. The van der Waals surface area contributed by atoms with E-state index in [4.69, 9.17) is 14.6 Å². The minimum absolute atomic E-state index is 0.0999. The molecular weight excluding hydrogens is 314 g/mol. The van der Waals surface area contributed by atoms with Crippen molar-refractivity contribution in [3.8, 4) is 22.8 Å². The number of fused-ring (bicyclic) bond motifs is 3. The second-order valence-electron chi connectivity index (χ2n) is 6.27. The molecular formula is C20H21N3O2. The molecule has 25 heavy (non-hydrogen) atoms. The van der Waals surface area contributed by atoms with Gasteiger partial charge in [-0.05, 0) is 37.6 Å². The zero-order valence-electron chi connectivity index (χ0n) is 14.8. The Morgan fingerprint density at radius 3 is 2.56 bits per heavy atom. The first-order valence-electron chi connectivity index (χ1n) is 8.27. The van der Waals surface area contributed by atoms with Gasteiger partial charge in [0, 0.05) is 16.8 Å². The van der Waals surface area contributed by atoms with Gasteiger partial charge in [-0.15, -0.1) is 0 Å². The van der Waals surface area contributed by atoms with Crippen molar-refractivity contribution in [2.75, 3.05) is 19.5 Å². The maximum Gasteiger partial charge on any atom is 0.161 e. The van der Waals surface area contributed by atoms with E-state index in [9.17, 15) is 0 Å². The van der Waals surface area contributed by atoms with Gasteiger partial charge in [0.25, 0.3) is 0 Å². The first kappa shape index (κ1) is 15.6. The van der Waals surface area contributed by atoms with E-state index in [1.165, 1.54) is 11.1 Å². The fourth-order valence-corrected chi connectivity index (χ4v) is 3.43. The van der Waals surface area contributed by atoms with Gasteiger partial charge in [0.05, 0.1) is 25.6 Å². The highest BCUT2D eigenvalue weighted by molar-refractivity contribution is 5.81. The van der Waals surface area contributed by atoms with Crippen LogP contribution in [-0.2, 0) is 0 Å². The fourth-order valence-electron chi connectivity index (χ4n) is 3.43. The van der Waals surface area contributed by atoms with Crippen LogP contribution in [0.1, 0.15) is 23.0 Å². The highest BCUT2D eigenvalue weighted by atomic mass is 16.5. The molecule has 3 aromatic rings. The van der Waals surface area contributed by atoms with Crippen LogP contribution in [0.4, 0.5) is 5.69 Å². The predicted octanol–water partition coefficient (Wildman–Crippen LogP) is 4.16. The summed E-state index contributed by atoms with van der Waals surface area (Å²) in [5, 5.41) is 8.36. The van der Waals surface area contributed by atoms with Gasteiger partial charge in [-0.25, -0.2) is 4.68 Å². The van der Waals surface area contributed by atoms with Crippen molar-refractivity contribution in [2.45, 2.75) is 20.0 Å². The SMILES string of the molecule is COc1ccc([C@@H]2Nc3c(C)cccc3-c3cc(C)nn32)cc1OC. The lowest BCUT2D eigenvalue weighted by molar-refractivity contribution is 0.354. The Kier molecular flexibility index (Phi) is 3.64. The third kappa shape index (κ3) is 2.43. The van der Waals surface area contributed by atoms with E-state index in [1.807, 2.05) is 29.8 Å². The van der Waals surface area contributed by atoms with Crippen LogP contribution < -0.4 is 14.8 Å². The summed E-state index contributed by atoms with van der Waals surface area (Å²) in [5.74, 6) is 1.43. The second-order valence-corrected chi connectivity index (χ2v) is 6.27. The first-order valence-corrected chi connectivity index (χ1v) is 8.27. The average Bonchev–Trinajstić information content (AvgIpc) is 3.02. The van der Waals surface area contributed by atoms with Crippen molar-refractivity contribution >= 4 is 5.69 Å². The second kappa shape index (κ2) is 5.84. The largest absolute Gasteiger partial charge is 0.493 e. The van der Waals surface area contributed by atoms with Crippen LogP contribution in [0.25, 0.3) is 11.3 Å². The molecule has 0 spiro atoms. The fraction of sp³-hybridized carbons (Fsp3) is 0.250. The number of aromatic nitrogens is 2. The molecule has 1 aliphatic heterocycles. The van der Waals surface area contributed by atoms with Crippen LogP contribution >= 0.6 is 0 Å². The highest BCUT2D eigenvalue weighted by Gasteiger charge is 2.27. The summed E-state index contributed by atoms with van der Waals surface area (Å²) in [7, 11) is 3.30. The standard InChI is InChI=1S/C20H21N3O2/c1-12-6-5-7-15-16-10-13(2)22-23(16)20(21-19(12)15)14-8-9-17(24-3)18(11-14)25-4/h5-11,20-21H,1-4H3/t20-/m1/s1. The number of methoxy groups -OCH3 is 2. The molecule has 1 aromatic heterocycles. The first-order chi connectivity index (χ1) is 12.1. The molecule has 0 radical (unpaired) electrons. The number of nitrogens with zero attached hydrogens (tertiary/aromatic N) is 2. The van der Waals surface area contributed by atoms with E-state index in [1.54, 1.807) is 14.2 Å². The summed E-state index contributed by atoms with van der Waals surface area (Å²) in [4.78, 5) is 0. The lowest BCUT2D eigenvalue weighted by atomic mass is 10.0. The summed E-state index contributed by atoms with van der Waals surface area (Å²) in [6, 6.07) is 14.4. The van der Waals surface area contributed by atoms with Crippen LogP contribution in [-0.4, -0.2) is 24.0 Å². The molecule has 0 aliphatic carbocycles. The number of para-hydroxylation sites is 1. The molecule has 2 heterocycles. The maximum atomic E-state index is 5.47. The molecule has 0 saturated carbocycles. The normalized spacial score (nSPS) is 15.1. The lowest BCUT2D eigenvalue weighted by Gasteiger charge is -2.30. The van der Waals surface area contributed by atoms with E-state index in [0.717, 1.165) is 28.4 Å². The number of hydrogen-bond donors (Lipinski definition) is 1. The maximum absolute atomic E-state index is 5.47. The van der Waals surface area contributed by atoms with E-state index < -0.39 is 0 Å². The average molecular weight is 335 g/mol. The number of anilines is 1. The number of nitrogens with one attached hydrogen (secondary N) is 1. The van der Waals surface area contributed by atoms with Crippen molar-refractivity contribution in [2.24, 2.45) is 0 Å². The zero-order valence-corrected chi connectivity index (χ0v) is 14.8. The van der Waals surface area contributed by atoms with Crippen LogP contribution in [0.5, 0.6) is 11.5 Å². The third-order valence-corrected chi connectivity index (χ3v) is 4.66. The van der Waals surface area contributed by atoms with Crippen LogP contribution in [0, 0.1) is 13.8 Å². The Balaban J connectivity index is 1.88. The molecule has 5 nitrogen and oxygen atoms in total. The Bertz CT molecular complexity index is 946. The Morgan fingerprint density at radius 2 is 1.80 bits per heavy atom. The van der Waals surface area contributed by atoms with Crippen LogP contribution in [0.3, 0.4) is 0 Å². The summed E-state index contributed by atoms with van der Waals surface area (Å²) in [5.41, 5.74) is 6.72. The van der Waals surface area contributed by atoms with Gasteiger partial charge in [0.15, 0.2) is 11.5 Å². The van der Waals surface area contributed by atoms with Gasteiger partial charge < -0.3 is 14.8 Å². The van der Waals surface area contributed by atoms with E-state index >= 15 is 0 Å². The zero-order chi connectivity index (χ0) is 17.6. The van der Waals surface area contributed by atoms with E-state index in [-0.39, 0.29) is 6.17 Å². The van der Waals surface area contributed by atoms with E-state index in [0.29, 0.717) is 5.75 Å². The van der Waals surface area contributed by atoms with Gasteiger partial charge in [0.1, 0.15) is 6.17 Å². The van der Waals surface area contributed by atoms with Crippen molar-refractivity contribution in [1.29, 1.82) is 0 Å². The van der Waals surface area contributed by atoms with Crippen molar-refractivity contribution in [3.05, 3.63) is 59.3 Å².